The van der Waals surface area contributed by atoms with Crippen molar-refractivity contribution in [2.24, 2.45) is 5.92 Å². The molecule has 0 aliphatic carbocycles. The second kappa shape index (κ2) is 11.1. The van der Waals surface area contributed by atoms with Crippen LogP contribution in [0.25, 0.3) is 0 Å². The number of nitrogens with one attached hydrogen (secondary N) is 4. The molecule has 8 heteroatoms. The number of unbranched alkanes of at least 4 members (excludes halogenated alkanes) is 2. The predicted octanol–water partition coefficient (Wildman–Crippen LogP) is 3.20. The minimum atomic E-state index is -0.457. The third-order valence-electron chi connectivity index (χ3n) is 4.30. The van der Waals surface area contributed by atoms with E-state index in [-0.39, 0.29) is 18.2 Å². The van der Waals surface area contributed by atoms with Crippen LogP contribution in [0.15, 0.2) is 29.2 Å². The third kappa shape index (κ3) is 7.38. The van der Waals surface area contributed by atoms with Crippen LogP contribution < -0.4 is 21.5 Å². The van der Waals surface area contributed by atoms with Gasteiger partial charge in [0.2, 0.25) is 11.8 Å². The topological polar surface area (TPSA) is 82.3 Å². The highest BCUT2D eigenvalue weighted by Gasteiger charge is 2.28. The number of amides is 2. The Morgan fingerprint density at radius 1 is 1.30 bits per heavy atom. The molecule has 0 bridgehead atoms. The molecule has 27 heavy (non-hydrogen) atoms. The van der Waals surface area contributed by atoms with Crippen LogP contribution in [-0.2, 0) is 9.59 Å². The molecule has 2 amide bonds. The molecule has 1 aromatic rings. The van der Waals surface area contributed by atoms with Gasteiger partial charge >= 0.3 is 0 Å². The second-order valence-corrected chi connectivity index (χ2v) is 8.43. The minimum Gasteiger partial charge on any atom is -0.361 e. The average Bonchev–Trinajstić information content (AvgIpc) is 2.65. The number of para-hydroxylation sites is 1. The van der Waals surface area contributed by atoms with E-state index < -0.39 is 5.25 Å². The zero-order valence-corrected chi connectivity index (χ0v) is 17.5. The molecule has 2 rings (SSSR count). The molecule has 0 spiro atoms. The first-order valence-electron chi connectivity index (χ1n) is 9.38. The molecule has 0 fully saturated rings. The summed E-state index contributed by atoms with van der Waals surface area (Å²) in [4.78, 5) is 25.2. The molecular formula is C19H28N4O2S2. The number of rotatable bonds is 8. The molecule has 2 atom stereocenters. The number of benzene rings is 1. The Hall–Kier alpha value is -1.80. The molecule has 6 nitrogen and oxygen atoms in total. The lowest BCUT2D eigenvalue weighted by Gasteiger charge is -2.23. The number of carbonyl (C=O) groups is 2. The van der Waals surface area contributed by atoms with Gasteiger partial charge in [0.05, 0.1) is 10.9 Å². The summed E-state index contributed by atoms with van der Waals surface area (Å²) in [6, 6.07) is 7.57. The van der Waals surface area contributed by atoms with Crippen molar-refractivity contribution >= 4 is 46.6 Å². The van der Waals surface area contributed by atoms with Gasteiger partial charge in [-0.2, -0.15) is 0 Å². The van der Waals surface area contributed by atoms with Crippen LogP contribution in [0.4, 0.5) is 5.69 Å². The first-order chi connectivity index (χ1) is 13.0. The van der Waals surface area contributed by atoms with Crippen molar-refractivity contribution in [3.05, 3.63) is 24.3 Å². The van der Waals surface area contributed by atoms with Gasteiger partial charge in [-0.25, -0.2) is 0 Å². The van der Waals surface area contributed by atoms with Gasteiger partial charge in [-0.3, -0.25) is 20.4 Å². The summed E-state index contributed by atoms with van der Waals surface area (Å²) in [6.07, 6.45) is 4.93. The molecule has 0 unspecified atom stereocenters. The maximum atomic E-state index is 12.1. The number of carbonyl (C=O) groups excluding carboxylic acids is 2. The van der Waals surface area contributed by atoms with E-state index in [0.29, 0.717) is 11.0 Å². The Bertz CT molecular complexity index is 669. The molecule has 0 aromatic heterocycles. The lowest BCUT2D eigenvalue weighted by molar-refractivity contribution is -0.124. The maximum Gasteiger partial charge on any atom is 0.240 e. The van der Waals surface area contributed by atoms with E-state index >= 15 is 0 Å². The van der Waals surface area contributed by atoms with Gasteiger partial charge in [0, 0.05) is 17.9 Å². The molecule has 0 saturated heterocycles. The van der Waals surface area contributed by atoms with Crippen LogP contribution >= 0.6 is 24.0 Å². The first-order valence-corrected chi connectivity index (χ1v) is 10.7. The largest absolute Gasteiger partial charge is 0.361 e. The monoisotopic (exact) mass is 408 g/mol. The highest BCUT2D eigenvalue weighted by atomic mass is 32.2. The summed E-state index contributed by atoms with van der Waals surface area (Å²) in [5.74, 6) is 0.0898. The Balaban J connectivity index is 1.67. The zero-order valence-electron chi connectivity index (χ0n) is 15.8. The average molecular weight is 409 g/mol. The fraction of sp³-hybridized carbons (Fsp3) is 0.526. The second-order valence-electron chi connectivity index (χ2n) is 6.78. The van der Waals surface area contributed by atoms with E-state index in [2.05, 4.69) is 35.3 Å². The summed E-state index contributed by atoms with van der Waals surface area (Å²) < 4.78 is 0. The Labute approximate surface area is 170 Å². The molecule has 0 saturated carbocycles. The van der Waals surface area contributed by atoms with Crippen LogP contribution in [0.3, 0.4) is 0 Å². The highest BCUT2D eigenvalue weighted by Crippen LogP contribution is 2.36. The lowest BCUT2D eigenvalue weighted by Crippen LogP contribution is -2.48. The molecule has 1 aromatic carbocycles. The Morgan fingerprint density at radius 3 is 2.85 bits per heavy atom. The molecule has 1 aliphatic rings. The normalized spacial score (nSPS) is 16.7. The Morgan fingerprint density at radius 2 is 2.07 bits per heavy atom. The predicted molar refractivity (Wildman–Crippen MR) is 115 cm³/mol. The van der Waals surface area contributed by atoms with Gasteiger partial charge in [-0.1, -0.05) is 45.2 Å². The molecular weight excluding hydrogens is 380 g/mol. The fourth-order valence-electron chi connectivity index (χ4n) is 2.73. The van der Waals surface area contributed by atoms with E-state index in [1.807, 2.05) is 24.3 Å². The van der Waals surface area contributed by atoms with E-state index in [0.717, 1.165) is 23.5 Å². The zero-order chi connectivity index (χ0) is 19.6. The van der Waals surface area contributed by atoms with Crippen LogP contribution in [0.2, 0.25) is 0 Å². The minimum absolute atomic E-state index is 0.0773. The molecule has 148 valence electrons. The number of hydrogen-bond acceptors (Lipinski definition) is 4. The van der Waals surface area contributed by atoms with Crippen molar-refractivity contribution < 1.29 is 9.59 Å². The van der Waals surface area contributed by atoms with Crippen molar-refractivity contribution in [3.8, 4) is 0 Å². The van der Waals surface area contributed by atoms with Crippen LogP contribution in [0.5, 0.6) is 0 Å². The summed E-state index contributed by atoms with van der Waals surface area (Å²) in [5.41, 5.74) is 6.07. The lowest BCUT2D eigenvalue weighted by atomic mass is 10.0. The summed E-state index contributed by atoms with van der Waals surface area (Å²) in [7, 11) is 0. The number of hydrogen-bond donors (Lipinski definition) is 4. The summed E-state index contributed by atoms with van der Waals surface area (Å²) in [5, 5.41) is 5.88. The van der Waals surface area contributed by atoms with Crippen molar-refractivity contribution in [2.75, 3.05) is 11.9 Å². The van der Waals surface area contributed by atoms with E-state index in [1.54, 1.807) is 0 Å². The van der Waals surface area contributed by atoms with Crippen molar-refractivity contribution in [1.82, 2.24) is 16.2 Å². The van der Waals surface area contributed by atoms with Crippen molar-refractivity contribution in [2.45, 2.75) is 56.1 Å². The third-order valence-corrected chi connectivity index (χ3v) is 5.83. The SMILES string of the molecule is CCCCC[C@H](C)CNC(=S)NNC(=O)C[C@H]1Sc2ccccc2NC1=O. The van der Waals surface area contributed by atoms with Crippen LogP contribution in [0.1, 0.15) is 46.0 Å². The van der Waals surface area contributed by atoms with E-state index in [4.69, 9.17) is 12.2 Å². The maximum absolute atomic E-state index is 12.1. The van der Waals surface area contributed by atoms with Gasteiger partial charge in [-0.15, -0.1) is 11.8 Å². The van der Waals surface area contributed by atoms with Crippen molar-refractivity contribution in [1.29, 1.82) is 0 Å². The van der Waals surface area contributed by atoms with Crippen LogP contribution in [-0.4, -0.2) is 28.7 Å². The first kappa shape index (κ1) is 21.5. The van der Waals surface area contributed by atoms with Gasteiger partial charge in [-0.05, 0) is 36.7 Å². The molecule has 1 heterocycles. The molecule has 0 radical (unpaired) electrons. The number of thioether (sulfide) groups is 1. The van der Waals surface area contributed by atoms with Crippen molar-refractivity contribution in [3.63, 3.8) is 0 Å². The smallest absolute Gasteiger partial charge is 0.240 e. The van der Waals surface area contributed by atoms with Gasteiger partial charge in [0.1, 0.15) is 0 Å². The standard InChI is InChI=1S/C19H28N4O2S2/c1-3-4-5-8-13(2)12-20-19(26)23-22-17(24)11-16-18(25)21-14-9-6-7-10-15(14)27-16/h6-7,9-10,13,16H,3-5,8,11-12H2,1-2H3,(H,21,25)(H,22,24)(H2,20,23,26)/t13-,16+/m0/s1. The number of fused-ring (bicyclic) bond motifs is 1. The number of hydrazine groups is 1. The molecule has 4 N–H and O–H groups in total. The van der Waals surface area contributed by atoms with Gasteiger partial charge in [0.25, 0.3) is 0 Å². The Kier molecular flexibility index (Phi) is 8.87. The number of anilines is 1. The fourth-order valence-corrected chi connectivity index (χ4v) is 3.97. The van der Waals surface area contributed by atoms with E-state index in [9.17, 15) is 9.59 Å². The highest BCUT2D eigenvalue weighted by molar-refractivity contribution is 8.01. The van der Waals surface area contributed by atoms with Gasteiger partial charge < -0.3 is 10.6 Å². The van der Waals surface area contributed by atoms with Gasteiger partial charge in [0.15, 0.2) is 5.11 Å². The quantitative estimate of drug-likeness (QED) is 0.300. The number of thiocarbonyl (C=S) groups is 1. The van der Waals surface area contributed by atoms with E-state index in [1.165, 1.54) is 31.0 Å². The molecule has 1 aliphatic heterocycles. The summed E-state index contributed by atoms with van der Waals surface area (Å²) >= 11 is 6.59. The van der Waals surface area contributed by atoms with Crippen LogP contribution in [0, 0.1) is 5.92 Å². The summed E-state index contributed by atoms with van der Waals surface area (Å²) in [6.45, 7) is 5.14.